The summed E-state index contributed by atoms with van der Waals surface area (Å²) in [7, 11) is 0. The van der Waals surface area contributed by atoms with Crippen LogP contribution < -0.4 is 5.32 Å². The molecule has 0 saturated heterocycles. The van der Waals surface area contributed by atoms with E-state index in [4.69, 9.17) is 16.1 Å². The maximum Gasteiger partial charge on any atom is 0.273 e. The molecule has 3 rings (SSSR count). The fraction of sp³-hybridized carbons (Fsp3) is 0.118. The fourth-order valence-corrected chi connectivity index (χ4v) is 2.22. The fourth-order valence-electron chi connectivity index (χ4n) is 2.09. The molecule has 0 saturated carbocycles. The molecule has 3 aromatic rings. The first-order chi connectivity index (χ1) is 11.2. The molecule has 23 heavy (non-hydrogen) atoms. The van der Waals surface area contributed by atoms with Gasteiger partial charge in [0.05, 0.1) is 0 Å². The number of nitrogens with zero attached hydrogens (tertiary/aromatic N) is 2. The van der Waals surface area contributed by atoms with Gasteiger partial charge in [-0.2, -0.15) is 0 Å². The number of aromatic nitrogens is 2. The second-order valence-electron chi connectivity index (χ2n) is 4.95. The quantitative estimate of drug-likeness (QED) is 0.780. The van der Waals surface area contributed by atoms with Crippen molar-refractivity contribution in [1.82, 2.24) is 15.5 Å². The Hall–Kier alpha value is -2.66. The van der Waals surface area contributed by atoms with Gasteiger partial charge in [-0.15, -0.1) is 0 Å². The molecule has 0 aliphatic heterocycles. The van der Waals surface area contributed by atoms with Crippen molar-refractivity contribution in [1.29, 1.82) is 0 Å². The smallest absolute Gasteiger partial charge is 0.273 e. The molecule has 1 N–H and O–H groups in total. The number of amides is 1. The van der Waals surface area contributed by atoms with E-state index in [1.54, 1.807) is 30.6 Å². The number of carbonyl (C=O) groups is 1. The molecule has 0 fully saturated rings. The molecular formula is C17H14ClN3O2. The molecular weight excluding hydrogens is 314 g/mol. The SMILES string of the molecule is O=C(NCCc1cccnc1)c1cc(-c2ccc(Cl)cc2)on1. The van der Waals surface area contributed by atoms with Gasteiger partial charge in [-0.3, -0.25) is 9.78 Å². The van der Waals surface area contributed by atoms with Crippen molar-refractivity contribution >= 4 is 17.5 Å². The third-order valence-corrected chi connectivity index (χ3v) is 3.55. The normalized spacial score (nSPS) is 10.5. The van der Waals surface area contributed by atoms with E-state index in [9.17, 15) is 4.79 Å². The maximum atomic E-state index is 12.1. The van der Waals surface area contributed by atoms with Gasteiger partial charge in [0.1, 0.15) is 0 Å². The monoisotopic (exact) mass is 327 g/mol. The largest absolute Gasteiger partial charge is 0.355 e. The van der Waals surface area contributed by atoms with Crippen molar-refractivity contribution in [2.45, 2.75) is 6.42 Å². The molecule has 2 heterocycles. The first-order valence-corrected chi connectivity index (χ1v) is 7.50. The van der Waals surface area contributed by atoms with Crippen LogP contribution in [0.3, 0.4) is 0 Å². The van der Waals surface area contributed by atoms with E-state index in [0.717, 1.165) is 11.1 Å². The summed E-state index contributed by atoms with van der Waals surface area (Å²) in [6.45, 7) is 0.508. The number of halogens is 1. The van der Waals surface area contributed by atoms with Crippen LogP contribution in [0.15, 0.2) is 59.4 Å². The molecule has 116 valence electrons. The second kappa shape index (κ2) is 7.07. The molecule has 0 aliphatic rings. The Kier molecular flexibility index (Phi) is 4.68. The van der Waals surface area contributed by atoms with Gasteiger partial charge >= 0.3 is 0 Å². The highest BCUT2D eigenvalue weighted by molar-refractivity contribution is 6.30. The van der Waals surface area contributed by atoms with E-state index in [0.29, 0.717) is 23.7 Å². The van der Waals surface area contributed by atoms with Crippen molar-refractivity contribution in [3.05, 3.63) is 71.1 Å². The summed E-state index contributed by atoms with van der Waals surface area (Å²) in [5.74, 6) is 0.261. The van der Waals surface area contributed by atoms with Gasteiger partial charge in [-0.05, 0) is 42.3 Å². The predicted molar refractivity (Wildman–Crippen MR) is 87.2 cm³/mol. The lowest BCUT2D eigenvalue weighted by Crippen LogP contribution is -2.25. The molecule has 0 unspecified atom stereocenters. The Morgan fingerprint density at radius 3 is 2.78 bits per heavy atom. The molecule has 5 nitrogen and oxygen atoms in total. The van der Waals surface area contributed by atoms with Crippen molar-refractivity contribution in [3.63, 3.8) is 0 Å². The van der Waals surface area contributed by atoms with E-state index in [2.05, 4.69) is 15.5 Å². The summed E-state index contributed by atoms with van der Waals surface area (Å²) >= 11 is 5.85. The molecule has 0 radical (unpaired) electrons. The van der Waals surface area contributed by atoms with E-state index in [1.807, 2.05) is 24.3 Å². The average Bonchev–Trinajstić information content (AvgIpc) is 3.06. The van der Waals surface area contributed by atoms with Crippen LogP contribution in [0, 0.1) is 0 Å². The van der Waals surface area contributed by atoms with E-state index in [-0.39, 0.29) is 11.6 Å². The van der Waals surface area contributed by atoms with Gasteiger partial charge in [0, 0.05) is 35.6 Å². The summed E-state index contributed by atoms with van der Waals surface area (Å²) in [6.07, 6.45) is 4.21. The summed E-state index contributed by atoms with van der Waals surface area (Å²) in [4.78, 5) is 16.1. The lowest BCUT2D eigenvalue weighted by molar-refractivity contribution is 0.0945. The van der Waals surface area contributed by atoms with E-state index in [1.165, 1.54) is 0 Å². The molecule has 2 aromatic heterocycles. The van der Waals surface area contributed by atoms with Crippen LogP contribution in [0.1, 0.15) is 16.1 Å². The zero-order valence-corrected chi connectivity index (χ0v) is 13.0. The van der Waals surface area contributed by atoms with Gasteiger partial charge in [0.2, 0.25) is 0 Å². The molecule has 0 aliphatic carbocycles. The first kappa shape index (κ1) is 15.2. The minimum atomic E-state index is -0.266. The maximum absolute atomic E-state index is 12.1. The number of rotatable bonds is 5. The Morgan fingerprint density at radius 1 is 1.22 bits per heavy atom. The Balaban J connectivity index is 1.59. The number of benzene rings is 1. The van der Waals surface area contributed by atoms with Gasteiger partial charge < -0.3 is 9.84 Å². The number of hydrogen-bond donors (Lipinski definition) is 1. The Bertz CT molecular complexity index is 785. The van der Waals surface area contributed by atoms with E-state index < -0.39 is 0 Å². The summed E-state index contributed by atoms with van der Waals surface area (Å²) in [5, 5.41) is 7.26. The number of hydrogen-bond acceptors (Lipinski definition) is 4. The lowest BCUT2D eigenvalue weighted by Gasteiger charge is -2.02. The highest BCUT2D eigenvalue weighted by Gasteiger charge is 2.13. The predicted octanol–water partition coefficient (Wildman–Crippen LogP) is 3.36. The first-order valence-electron chi connectivity index (χ1n) is 7.12. The van der Waals surface area contributed by atoms with Crippen LogP contribution in [-0.2, 0) is 6.42 Å². The highest BCUT2D eigenvalue weighted by atomic mass is 35.5. The second-order valence-corrected chi connectivity index (χ2v) is 5.39. The topological polar surface area (TPSA) is 68.0 Å². The van der Waals surface area contributed by atoms with Crippen LogP contribution in [-0.4, -0.2) is 22.6 Å². The van der Waals surface area contributed by atoms with Crippen molar-refractivity contribution in [2.24, 2.45) is 0 Å². The summed E-state index contributed by atoms with van der Waals surface area (Å²) < 4.78 is 5.21. The molecule has 0 bridgehead atoms. The summed E-state index contributed by atoms with van der Waals surface area (Å²) in [6, 6.07) is 12.6. The Labute approximate surface area is 138 Å². The minimum Gasteiger partial charge on any atom is -0.355 e. The molecule has 6 heteroatoms. The van der Waals surface area contributed by atoms with Crippen LogP contribution >= 0.6 is 11.6 Å². The van der Waals surface area contributed by atoms with Gasteiger partial charge in [0.15, 0.2) is 11.5 Å². The van der Waals surface area contributed by atoms with Gasteiger partial charge in [-0.1, -0.05) is 22.8 Å². The number of pyridine rings is 1. The van der Waals surface area contributed by atoms with Crippen LogP contribution in [0.2, 0.25) is 5.02 Å². The van der Waals surface area contributed by atoms with Crippen molar-refractivity contribution < 1.29 is 9.32 Å². The Morgan fingerprint density at radius 2 is 2.04 bits per heavy atom. The zero-order valence-electron chi connectivity index (χ0n) is 12.2. The number of carbonyl (C=O) groups excluding carboxylic acids is 1. The van der Waals surface area contributed by atoms with Crippen LogP contribution in [0.4, 0.5) is 0 Å². The zero-order chi connectivity index (χ0) is 16.1. The van der Waals surface area contributed by atoms with Crippen molar-refractivity contribution in [3.8, 4) is 11.3 Å². The van der Waals surface area contributed by atoms with Crippen LogP contribution in [0.5, 0.6) is 0 Å². The standard InChI is InChI=1S/C17H14ClN3O2/c18-14-5-3-13(4-6-14)16-10-15(21-23-16)17(22)20-9-7-12-2-1-8-19-11-12/h1-6,8,10-11H,7,9H2,(H,20,22). The number of nitrogens with one attached hydrogen (secondary N) is 1. The van der Waals surface area contributed by atoms with E-state index >= 15 is 0 Å². The molecule has 1 aromatic carbocycles. The molecule has 0 spiro atoms. The van der Waals surface area contributed by atoms with Crippen molar-refractivity contribution in [2.75, 3.05) is 6.54 Å². The molecule has 1 amide bonds. The third-order valence-electron chi connectivity index (χ3n) is 3.29. The third kappa shape index (κ3) is 3.96. The van der Waals surface area contributed by atoms with Crippen LogP contribution in [0.25, 0.3) is 11.3 Å². The lowest BCUT2D eigenvalue weighted by atomic mass is 10.1. The van der Waals surface area contributed by atoms with Gasteiger partial charge in [0.25, 0.3) is 5.91 Å². The summed E-state index contributed by atoms with van der Waals surface area (Å²) in [5.41, 5.74) is 2.13. The van der Waals surface area contributed by atoms with Gasteiger partial charge in [-0.25, -0.2) is 0 Å². The molecule has 0 atom stereocenters. The highest BCUT2D eigenvalue weighted by Crippen LogP contribution is 2.22. The minimum absolute atomic E-state index is 0.251. The average molecular weight is 328 g/mol.